The Morgan fingerprint density at radius 1 is 1.38 bits per heavy atom. The molecule has 0 spiro atoms. The van der Waals surface area contributed by atoms with E-state index in [2.05, 4.69) is 0 Å². The minimum absolute atomic E-state index is 0.628. The third-order valence-corrected chi connectivity index (χ3v) is 5.64. The zero-order chi connectivity index (χ0) is 9.42. The molecule has 0 atom stereocenters. The summed E-state index contributed by atoms with van der Waals surface area (Å²) in [7, 11) is 0. The van der Waals surface area contributed by atoms with E-state index in [0.29, 0.717) is 3.58 Å². The first-order chi connectivity index (χ1) is 6.20. The summed E-state index contributed by atoms with van der Waals surface area (Å²) >= 11 is -0.628. The second-order valence-corrected chi connectivity index (χ2v) is 5.86. The molecule has 1 N–H and O–H groups in total. The fraction of sp³-hybridized carbons (Fsp3) is 0.100. The Hall–Kier alpha value is -0.780. The second kappa shape index (κ2) is 3.17. The molecule has 0 saturated carbocycles. The molecule has 3 heteroatoms. The molecule has 0 radical (unpaired) electrons. The van der Waals surface area contributed by atoms with Gasteiger partial charge in [-0.05, 0) is 0 Å². The molecule has 0 bridgehead atoms. The van der Waals surface area contributed by atoms with Crippen LogP contribution in [-0.2, 0) is 0 Å². The fourth-order valence-electron chi connectivity index (χ4n) is 1.38. The summed E-state index contributed by atoms with van der Waals surface area (Å²) < 4.78 is 1.91. The number of aryl methyl sites for hydroxylation is 1. The van der Waals surface area contributed by atoms with Crippen molar-refractivity contribution in [2.75, 3.05) is 0 Å². The van der Waals surface area contributed by atoms with Crippen LogP contribution < -0.4 is 0 Å². The molecule has 1 aromatic heterocycles. The van der Waals surface area contributed by atoms with Crippen LogP contribution in [-0.4, -0.2) is 31.5 Å². The number of benzene rings is 1. The number of rotatable bonds is 1. The molecular weight excluding hydrogens is 280 g/mol. The van der Waals surface area contributed by atoms with Gasteiger partial charge in [0, 0.05) is 0 Å². The summed E-state index contributed by atoms with van der Waals surface area (Å²) in [6.07, 6.45) is 0. The normalized spacial score (nSPS) is 10.5. The van der Waals surface area contributed by atoms with Gasteiger partial charge in [-0.1, -0.05) is 0 Å². The van der Waals surface area contributed by atoms with Crippen LogP contribution >= 0.6 is 0 Å². The van der Waals surface area contributed by atoms with Crippen LogP contribution in [0, 0.1) is 6.92 Å². The van der Waals surface area contributed by atoms with Crippen molar-refractivity contribution >= 4 is 35.2 Å². The Bertz CT molecular complexity index is 471. The topological polar surface area (TPSA) is 37.3 Å². The molecule has 0 aliphatic rings. The summed E-state index contributed by atoms with van der Waals surface area (Å²) in [5.41, 5.74) is 0.963. The Morgan fingerprint density at radius 2 is 2.08 bits per heavy atom. The van der Waals surface area contributed by atoms with Crippen molar-refractivity contribution in [2.45, 2.75) is 6.92 Å². The SMILES string of the molecule is Cc1c(C(=O)O)[te]c2ccccc12. The number of aromatic carboxylic acids is 1. The monoisotopic (exact) mass is 290 g/mol. The van der Waals surface area contributed by atoms with Crippen LogP contribution in [0.1, 0.15) is 13.9 Å². The van der Waals surface area contributed by atoms with E-state index >= 15 is 0 Å². The van der Waals surface area contributed by atoms with Gasteiger partial charge < -0.3 is 0 Å². The number of carboxylic acids is 1. The molecule has 0 aliphatic heterocycles. The van der Waals surface area contributed by atoms with Gasteiger partial charge in [0.25, 0.3) is 0 Å². The maximum absolute atomic E-state index is 10.9. The number of hydrogen-bond donors (Lipinski definition) is 1. The van der Waals surface area contributed by atoms with E-state index in [1.54, 1.807) is 0 Å². The van der Waals surface area contributed by atoms with E-state index in [4.69, 9.17) is 5.11 Å². The van der Waals surface area contributed by atoms with E-state index in [1.165, 1.54) is 3.40 Å². The fourth-order valence-corrected chi connectivity index (χ4v) is 4.37. The summed E-state index contributed by atoms with van der Waals surface area (Å²) in [4.78, 5) is 10.9. The van der Waals surface area contributed by atoms with E-state index in [-0.39, 0.29) is 0 Å². The number of carboxylic acid groups (broad SMARTS) is 1. The molecule has 2 aromatic rings. The summed E-state index contributed by atoms with van der Waals surface area (Å²) in [5, 5.41) is 10.1. The first kappa shape index (κ1) is 8.80. The Morgan fingerprint density at radius 3 is 2.69 bits per heavy atom. The van der Waals surface area contributed by atoms with Gasteiger partial charge in [-0.2, -0.15) is 0 Å². The zero-order valence-corrected chi connectivity index (χ0v) is 9.40. The van der Waals surface area contributed by atoms with Gasteiger partial charge in [0.2, 0.25) is 0 Å². The molecule has 2 rings (SSSR count). The number of carbonyl (C=O) groups is 1. The molecule has 1 aromatic carbocycles. The molecule has 0 saturated heterocycles. The van der Waals surface area contributed by atoms with Crippen LogP contribution in [0.15, 0.2) is 24.3 Å². The van der Waals surface area contributed by atoms with Gasteiger partial charge in [0.1, 0.15) is 0 Å². The van der Waals surface area contributed by atoms with Crippen molar-refractivity contribution in [1.29, 1.82) is 0 Å². The summed E-state index contributed by atoms with van der Waals surface area (Å²) in [6, 6.07) is 7.98. The molecular formula is C10H8O2Te. The van der Waals surface area contributed by atoms with Crippen LogP contribution in [0.5, 0.6) is 0 Å². The standard InChI is InChI=1S/C10H8O2Te/c1-6-7-4-2-3-5-8(7)13-9(6)10(11)12/h2-5H,1H3,(H,11,12). The quantitative estimate of drug-likeness (QED) is 0.814. The van der Waals surface area contributed by atoms with Crippen LogP contribution in [0.25, 0.3) is 8.79 Å². The third-order valence-electron chi connectivity index (χ3n) is 2.04. The zero-order valence-electron chi connectivity index (χ0n) is 7.07. The van der Waals surface area contributed by atoms with Gasteiger partial charge in [-0.3, -0.25) is 0 Å². The van der Waals surface area contributed by atoms with Crippen molar-refractivity contribution in [1.82, 2.24) is 0 Å². The van der Waals surface area contributed by atoms with Crippen LogP contribution in [0.2, 0.25) is 0 Å². The average molecular weight is 288 g/mol. The van der Waals surface area contributed by atoms with Crippen molar-refractivity contribution in [3.05, 3.63) is 33.4 Å². The Labute approximate surface area is 85.4 Å². The minimum atomic E-state index is -0.740. The van der Waals surface area contributed by atoms with Gasteiger partial charge in [-0.15, -0.1) is 0 Å². The van der Waals surface area contributed by atoms with Gasteiger partial charge in [0.05, 0.1) is 0 Å². The molecule has 66 valence electrons. The Kier molecular flexibility index (Phi) is 2.15. The van der Waals surface area contributed by atoms with Crippen LogP contribution in [0.4, 0.5) is 0 Å². The third kappa shape index (κ3) is 1.39. The van der Waals surface area contributed by atoms with E-state index in [9.17, 15) is 4.79 Å². The predicted molar refractivity (Wildman–Crippen MR) is 52.6 cm³/mol. The molecule has 0 unspecified atom stereocenters. The number of fused-ring (bicyclic) bond motifs is 1. The molecule has 0 aliphatic carbocycles. The van der Waals surface area contributed by atoms with E-state index in [1.807, 2.05) is 31.2 Å². The first-order valence-electron chi connectivity index (χ1n) is 3.91. The second-order valence-electron chi connectivity index (χ2n) is 2.86. The van der Waals surface area contributed by atoms with Crippen LogP contribution in [0.3, 0.4) is 0 Å². The van der Waals surface area contributed by atoms with Gasteiger partial charge >= 0.3 is 85.4 Å². The van der Waals surface area contributed by atoms with Gasteiger partial charge in [0.15, 0.2) is 0 Å². The van der Waals surface area contributed by atoms with E-state index in [0.717, 1.165) is 10.9 Å². The van der Waals surface area contributed by atoms with Crippen molar-refractivity contribution in [3.8, 4) is 0 Å². The molecule has 13 heavy (non-hydrogen) atoms. The maximum atomic E-state index is 10.9. The summed E-state index contributed by atoms with van der Waals surface area (Å²) in [5.74, 6) is -0.740. The number of hydrogen-bond acceptors (Lipinski definition) is 1. The molecule has 1 heterocycles. The molecule has 0 fully saturated rings. The van der Waals surface area contributed by atoms with E-state index < -0.39 is 26.4 Å². The van der Waals surface area contributed by atoms with Crippen molar-refractivity contribution < 1.29 is 9.90 Å². The Balaban J connectivity index is 2.81. The predicted octanol–water partition coefficient (Wildman–Crippen LogP) is 1.90. The van der Waals surface area contributed by atoms with Crippen molar-refractivity contribution in [2.24, 2.45) is 0 Å². The molecule has 2 nitrogen and oxygen atoms in total. The first-order valence-corrected chi connectivity index (χ1v) is 6.24. The van der Waals surface area contributed by atoms with Crippen molar-refractivity contribution in [3.63, 3.8) is 0 Å². The summed E-state index contributed by atoms with van der Waals surface area (Å²) in [6.45, 7) is 1.90. The molecule has 0 amide bonds. The average Bonchev–Trinajstić information content (AvgIpc) is 2.45. The van der Waals surface area contributed by atoms with Gasteiger partial charge in [-0.25, -0.2) is 0 Å².